The van der Waals surface area contributed by atoms with E-state index in [-0.39, 0.29) is 17.3 Å². The number of rotatable bonds is 6. The number of carbonyl (C=O) groups is 1. The smallest absolute Gasteiger partial charge is 0.343 e. The highest BCUT2D eigenvalue weighted by atomic mass is 16.5. The molecule has 0 saturated heterocycles. The summed E-state index contributed by atoms with van der Waals surface area (Å²) in [5.74, 6) is 0.840. The Morgan fingerprint density at radius 1 is 1.35 bits per heavy atom. The van der Waals surface area contributed by atoms with E-state index in [1.54, 1.807) is 0 Å². The van der Waals surface area contributed by atoms with Crippen LogP contribution in [0, 0.1) is 5.92 Å². The fourth-order valence-corrected chi connectivity index (χ4v) is 2.30. The van der Waals surface area contributed by atoms with Crippen molar-refractivity contribution in [1.29, 1.82) is 0 Å². The molecule has 1 saturated carbocycles. The molecule has 0 heterocycles. The summed E-state index contributed by atoms with van der Waals surface area (Å²) in [5.41, 5.74) is 13.5. The number of nitrogens with two attached hydrogens (primary N) is 2. The Kier molecular flexibility index (Phi) is 5.32. The Hall–Kier alpha value is -2.43. The molecule has 0 aliphatic heterocycles. The van der Waals surface area contributed by atoms with Gasteiger partial charge in [0.15, 0.2) is 5.76 Å². The van der Waals surface area contributed by atoms with Gasteiger partial charge in [0.1, 0.15) is 11.3 Å². The molecule has 0 atom stereocenters. The molecule has 0 bridgehead atoms. The van der Waals surface area contributed by atoms with Crippen LogP contribution in [0.15, 0.2) is 47.5 Å². The molecule has 0 spiro atoms. The number of ether oxygens (including phenoxy) is 2. The Balaban J connectivity index is 2.32. The lowest BCUT2D eigenvalue weighted by atomic mass is 10.0. The lowest BCUT2D eigenvalue weighted by Crippen LogP contribution is -2.21. The topological polar surface area (TPSA) is 87.6 Å². The minimum Gasteiger partial charge on any atom is -0.465 e. The standard InChI is InChI=1S/C18H24N2O3/c1-11(2)17(20)16(18(21)22-3)15(10-19)23-14-6-4-5-13(9-14)12-7-8-12/h4-6,9-12H,7-8,19-20H2,1-3H3/b15-10+,17-16+. The SMILES string of the molecule is COC(=O)C(/C(=C\N)Oc1cccc(C2CC2)c1)=C(/N)C(C)C. The van der Waals surface area contributed by atoms with Gasteiger partial charge in [0.05, 0.1) is 7.11 Å². The molecule has 0 amide bonds. The first-order valence-corrected chi connectivity index (χ1v) is 7.76. The van der Waals surface area contributed by atoms with E-state index in [4.69, 9.17) is 20.9 Å². The second-order valence-electron chi connectivity index (χ2n) is 5.96. The molecule has 1 fully saturated rings. The molecule has 0 aromatic heterocycles. The molecule has 4 N–H and O–H groups in total. The monoisotopic (exact) mass is 316 g/mol. The molecule has 1 aliphatic carbocycles. The predicted octanol–water partition coefficient (Wildman–Crippen LogP) is 2.78. The van der Waals surface area contributed by atoms with Crippen molar-refractivity contribution in [2.24, 2.45) is 17.4 Å². The zero-order valence-corrected chi connectivity index (χ0v) is 13.8. The van der Waals surface area contributed by atoms with Crippen LogP contribution in [0.5, 0.6) is 5.75 Å². The highest BCUT2D eigenvalue weighted by molar-refractivity contribution is 5.93. The lowest BCUT2D eigenvalue weighted by Gasteiger charge is -2.16. The molecule has 1 aromatic carbocycles. The maximum Gasteiger partial charge on any atom is 0.343 e. The van der Waals surface area contributed by atoms with Crippen LogP contribution in [-0.4, -0.2) is 13.1 Å². The van der Waals surface area contributed by atoms with Gasteiger partial charge in [-0.15, -0.1) is 0 Å². The van der Waals surface area contributed by atoms with Crippen LogP contribution in [0.2, 0.25) is 0 Å². The van der Waals surface area contributed by atoms with Gasteiger partial charge in [-0.05, 0) is 42.4 Å². The molecule has 5 nitrogen and oxygen atoms in total. The third kappa shape index (κ3) is 4.06. The summed E-state index contributed by atoms with van der Waals surface area (Å²) in [7, 11) is 1.30. The fraction of sp³-hybridized carbons (Fsp3) is 0.389. The van der Waals surface area contributed by atoms with Crippen LogP contribution in [0.4, 0.5) is 0 Å². The van der Waals surface area contributed by atoms with E-state index >= 15 is 0 Å². The number of methoxy groups -OCH3 is 1. The summed E-state index contributed by atoms with van der Waals surface area (Å²) in [5, 5.41) is 0. The lowest BCUT2D eigenvalue weighted by molar-refractivity contribution is -0.136. The number of hydrogen-bond acceptors (Lipinski definition) is 5. The number of esters is 1. The fourth-order valence-electron chi connectivity index (χ4n) is 2.30. The summed E-state index contributed by atoms with van der Waals surface area (Å²) in [6.07, 6.45) is 3.65. The molecule has 0 radical (unpaired) electrons. The van der Waals surface area contributed by atoms with Crippen LogP contribution in [0.25, 0.3) is 0 Å². The van der Waals surface area contributed by atoms with Crippen LogP contribution in [0.1, 0.15) is 38.2 Å². The summed E-state index contributed by atoms with van der Waals surface area (Å²) in [6.45, 7) is 3.78. The molecule has 23 heavy (non-hydrogen) atoms. The molecule has 1 aromatic rings. The molecular formula is C18H24N2O3. The highest BCUT2D eigenvalue weighted by Gasteiger charge is 2.25. The van der Waals surface area contributed by atoms with Gasteiger partial charge in [-0.3, -0.25) is 0 Å². The van der Waals surface area contributed by atoms with Crippen LogP contribution in [-0.2, 0) is 9.53 Å². The Morgan fingerprint density at radius 2 is 2.04 bits per heavy atom. The first-order chi connectivity index (χ1) is 11.0. The number of allylic oxidation sites excluding steroid dienone is 1. The summed E-state index contributed by atoms with van der Waals surface area (Å²) in [4.78, 5) is 12.1. The van der Waals surface area contributed by atoms with E-state index in [9.17, 15) is 4.79 Å². The summed E-state index contributed by atoms with van der Waals surface area (Å²) in [6, 6.07) is 7.82. The van der Waals surface area contributed by atoms with Crippen molar-refractivity contribution >= 4 is 5.97 Å². The minimum atomic E-state index is -0.564. The van der Waals surface area contributed by atoms with Gasteiger partial charge in [-0.2, -0.15) is 0 Å². The summed E-state index contributed by atoms with van der Waals surface area (Å²) >= 11 is 0. The van der Waals surface area contributed by atoms with Gasteiger partial charge in [-0.25, -0.2) is 4.79 Å². The average Bonchev–Trinajstić information content (AvgIpc) is 3.38. The van der Waals surface area contributed by atoms with Gasteiger partial charge < -0.3 is 20.9 Å². The van der Waals surface area contributed by atoms with Crippen molar-refractivity contribution in [2.45, 2.75) is 32.6 Å². The van der Waals surface area contributed by atoms with Gasteiger partial charge in [0, 0.05) is 11.9 Å². The second-order valence-corrected chi connectivity index (χ2v) is 5.96. The Bertz CT molecular complexity index is 643. The second kappa shape index (κ2) is 7.22. The number of carbonyl (C=O) groups excluding carboxylic acids is 1. The normalized spacial score (nSPS) is 16.1. The summed E-state index contributed by atoms with van der Waals surface area (Å²) < 4.78 is 10.7. The average molecular weight is 316 g/mol. The van der Waals surface area contributed by atoms with E-state index in [2.05, 4.69) is 6.07 Å². The molecule has 2 rings (SSSR count). The van der Waals surface area contributed by atoms with Gasteiger partial charge in [-0.1, -0.05) is 26.0 Å². The zero-order valence-electron chi connectivity index (χ0n) is 13.8. The number of hydrogen-bond donors (Lipinski definition) is 2. The van der Waals surface area contributed by atoms with Gasteiger partial charge in [0.2, 0.25) is 0 Å². The molecule has 0 unspecified atom stereocenters. The van der Waals surface area contributed by atoms with Crippen molar-refractivity contribution in [1.82, 2.24) is 0 Å². The van der Waals surface area contributed by atoms with Crippen molar-refractivity contribution in [3.8, 4) is 5.75 Å². The van der Waals surface area contributed by atoms with Crippen LogP contribution in [0.3, 0.4) is 0 Å². The first-order valence-electron chi connectivity index (χ1n) is 7.76. The molecule has 124 valence electrons. The first kappa shape index (κ1) is 16.9. The van der Waals surface area contributed by atoms with E-state index < -0.39 is 5.97 Å². The van der Waals surface area contributed by atoms with Gasteiger partial charge >= 0.3 is 5.97 Å². The Morgan fingerprint density at radius 3 is 2.57 bits per heavy atom. The van der Waals surface area contributed by atoms with E-state index in [0.717, 1.165) is 0 Å². The maximum atomic E-state index is 12.1. The Labute approximate surface area is 136 Å². The third-order valence-corrected chi connectivity index (χ3v) is 3.83. The molecule has 5 heteroatoms. The van der Waals surface area contributed by atoms with E-state index in [0.29, 0.717) is 17.4 Å². The van der Waals surface area contributed by atoms with Gasteiger partial charge in [0.25, 0.3) is 0 Å². The largest absolute Gasteiger partial charge is 0.465 e. The minimum absolute atomic E-state index is 0.0413. The van der Waals surface area contributed by atoms with E-state index in [1.807, 2.05) is 32.0 Å². The van der Waals surface area contributed by atoms with Crippen molar-refractivity contribution in [3.63, 3.8) is 0 Å². The highest BCUT2D eigenvalue weighted by Crippen LogP contribution is 2.41. The maximum absolute atomic E-state index is 12.1. The zero-order chi connectivity index (χ0) is 17.0. The predicted molar refractivity (Wildman–Crippen MR) is 89.4 cm³/mol. The molecular weight excluding hydrogens is 292 g/mol. The van der Waals surface area contributed by atoms with Crippen LogP contribution < -0.4 is 16.2 Å². The van der Waals surface area contributed by atoms with Crippen molar-refractivity contribution in [2.75, 3.05) is 7.11 Å². The number of benzene rings is 1. The van der Waals surface area contributed by atoms with Crippen molar-refractivity contribution in [3.05, 3.63) is 53.1 Å². The van der Waals surface area contributed by atoms with Crippen molar-refractivity contribution < 1.29 is 14.3 Å². The van der Waals surface area contributed by atoms with E-state index in [1.165, 1.54) is 31.7 Å². The van der Waals surface area contributed by atoms with Crippen LogP contribution >= 0.6 is 0 Å². The third-order valence-electron chi connectivity index (χ3n) is 3.83. The quantitative estimate of drug-likeness (QED) is 0.365. The molecule has 1 aliphatic rings.